The molecule has 1 unspecified atom stereocenters. The molecular formula is C15H23ClN2O2. The quantitative estimate of drug-likeness (QED) is 0.927. The lowest BCUT2D eigenvalue weighted by Gasteiger charge is -2.37. The third kappa shape index (κ3) is 3.13. The smallest absolute Gasteiger partial charge is 0.143 e. The molecule has 0 bridgehead atoms. The molecule has 20 heavy (non-hydrogen) atoms. The van der Waals surface area contributed by atoms with Crippen LogP contribution in [-0.4, -0.2) is 39.9 Å². The number of piperazine rings is 1. The summed E-state index contributed by atoms with van der Waals surface area (Å²) in [6, 6.07) is 4.27. The lowest BCUT2D eigenvalue weighted by Crippen LogP contribution is -2.53. The van der Waals surface area contributed by atoms with Crippen LogP contribution in [0.4, 0.5) is 5.69 Å². The van der Waals surface area contributed by atoms with Crippen molar-refractivity contribution < 1.29 is 9.47 Å². The fraction of sp³-hybridized carbons (Fsp3) is 0.600. The van der Waals surface area contributed by atoms with Crippen LogP contribution >= 0.6 is 11.6 Å². The highest BCUT2D eigenvalue weighted by molar-refractivity contribution is 6.32. The van der Waals surface area contributed by atoms with Gasteiger partial charge in [0, 0.05) is 37.8 Å². The Kier molecular flexibility index (Phi) is 5.00. The summed E-state index contributed by atoms with van der Waals surface area (Å²) in [5.74, 6) is 2.07. The number of hydrogen-bond donors (Lipinski definition) is 1. The zero-order chi connectivity index (χ0) is 14.7. The predicted octanol–water partition coefficient (Wildman–Crippen LogP) is 2.79. The van der Waals surface area contributed by atoms with E-state index in [1.807, 2.05) is 12.1 Å². The summed E-state index contributed by atoms with van der Waals surface area (Å²) < 4.78 is 10.8. The third-order valence-electron chi connectivity index (χ3n) is 3.80. The van der Waals surface area contributed by atoms with Gasteiger partial charge in [0.25, 0.3) is 0 Å². The van der Waals surface area contributed by atoms with Gasteiger partial charge in [-0.15, -0.1) is 0 Å². The Bertz CT molecular complexity index is 465. The van der Waals surface area contributed by atoms with E-state index in [4.69, 9.17) is 21.1 Å². The summed E-state index contributed by atoms with van der Waals surface area (Å²) in [5, 5.41) is 4.13. The Labute approximate surface area is 126 Å². The van der Waals surface area contributed by atoms with Gasteiger partial charge in [0.15, 0.2) is 0 Å². The van der Waals surface area contributed by atoms with Gasteiger partial charge >= 0.3 is 0 Å². The van der Waals surface area contributed by atoms with E-state index in [1.165, 1.54) is 0 Å². The number of methoxy groups -OCH3 is 2. The summed E-state index contributed by atoms with van der Waals surface area (Å²) in [6.07, 6.45) is 0. The Morgan fingerprint density at radius 2 is 1.95 bits per heavy atom. The maximum atomic E-state index is 6.16. The normalized spacial score (nSPS) is 19.3. The van der Waals surface area contributed by atoms with Crippen molar-refractivity contribution in [2.75, 3.05) is 38.8 Å². The van der Waals surface area contributed by atoms with Gasteiger partial charge in [0.05, 0.1) is 24.9 Å². The van der Waals surface area contributed by atoms with Crippen LogP contribution in [0, 0.1) is 5.92 Å². The second-order valence-electron chi connectivity index (χ2n) is 5.41. The van der Waals surface area contributed by atoms with Crippen LogP contribution in [-0.2, 0) is 0 Å². The first-order valence-corrected chi connectivity index (χ1v) is 7.34. The number of anilines is 1. The zero-order valence-corrected chi connectivity index (χ0v) is 13.3. The average Bonchev–Trinajstić information content (AvgIpc) is 2.46. The molecule has 112 valence electrons. The Balaban J connectivity index is 2.30. The summed E-state index contributed by atoms with van der Waals surface area (Å²) in [5.41, 5.74) is 1.04. The van der Waals surface area contributed by atoms with E-state index in [0.717, 1.165) is 31.1 Å². The standard InChI is InChI=1S/C15H23ClN2O2/c1-10(2)12-9-18(6-5-17-12)13-8-14(19-3)11(16)7-15(13)20-4/h7-8,10,12,17H,5-6,9H2,1-4H3. The van der Waals surface area contributed by atoms with E-state index in [2.05, 4.69) is 24.1 Å². The van der Waals surface area contributed by atoms with Crippen molar-refractivity contribution >= 4 is 17.3 Å². The molecule has 5 heteroatoms. The van der Waals surface area contributed by atoms with E-state index in [9.17, 15) is 0 Å². The lowest BCUT2D eigenvalue weighted by atomic mass is 10.0. The Hall–Kier alpha value is -1.13. The molecule has 0 radical (unpaired) electrons. The van der Waals surface area contributed by atoms with Crippen LogP contribution in [0.5, 0.6) is 11.5 Å². The average molecular weight is 299 g/mol. The summed E-state index contributed by atoms with van der Waals surface area (Å²) in [6.45, 7) is 7.35. The molecule has 0 spiro atoms. The van der Waals surface area contributed by atoms with Crippen molar-refractivity contribution in [2.45, 2.75) is 19.9 Å². The van der Waals surface area contributed by atoms with Gasteiger partial charge in [-0.2, -0.15) is 0 Å². The molecule has 1 fully saturated rings. The van der Waals surface area contributed by atoms with Gasteiger partial charge in [0.1, 0.15) is 11.5 Å². The second-order valence-corrected chi connectivity index (χ2v) is 5.82. The van der Waals surface area contributed by atoms with Crippen LogP contribution < -0.4 is 19.7 Å². The minimum atomic E-state index is 0.482. The van der Waals surface area contributed by atoms with Gasteiger partial charge in [-0.25, -0.2) is 0 Å². The van der Waals surface area contributed by atoms with E-state index < -0.39 is 0 Å². The van der Waals surface area contributed by atoms with Gasteiger partial charge in [0.2, 0.25) is 0 Å². The van der Waals surface area contributed by atoms with Crippen molar-refractivity contribution in [3.05, 3.63) is 17.2 Å². The number of benzene rings is 1. The number of ether oxygens (including phenoxy) is 2. The first-order chi connectivity index (χ1) is 9.56. The maximum absolute atomic E-state index is 6.16. The highest BCUT2D eigenvalue weighted by Gasteiger charge is 2.24. The molecule has 1 aromatic rings. The van der Waals surface area contributed by atoms with Crippen molar-refractivity contribution in [3.8, 4) is 11.5 Å². The molecular weight excluding hydrogens is 276 g/mol. The van der Waals surface area contributed by atoms with Crippen molar-refractivity contribution in [2.24, 2.45) is 5.92 Å². The third-order valence-corrected chi connectivity index (χ3v) is 4.10. The fourth-order valence-electron chi connectivity index (χ4n) is 2.53. The van der Waals surface area contributed by atoms with Crippen LogP contribution in [0.1, 0.15) is 13.8 Å². The molecule has 1 aliphatic rings. The van der Waals surface area contributed by atoms with Crippen molar-refractivity contribution in [1.82, 2.24) is 5.32 Å². The molecule has 1 aliphatic heterocycles. The monoisotopic (exact) mass is 298 g/mol. The first-order valence-electron chi connectivity index (χ1n) is 6.96. The molecule has 0 aliphatic carbocycles. The van der Waals surface area contributed by atoms with Gasteiger partial charge in [-0.05, 0) is 5.92 Å². The molecule has 1 aromatic carbocycles. The second kappa shape index (κ2) is 6.55. The lowest BCUT2D eigenvalue weighted by molar-refractivity contribution is 0.362. The molecule has 1 N–H and O–H groups in total. The topological polar surface area (TPSA) is 33.7 Å². The van der Waals surface area contributed by atoms with E-state index in [-0.39, 0.29) is 0 Å². The molecule has 0 saturated carbocycles. The molecule has 1 heterocycles. The number of nitrogens with zero attached hydrogens (tertiary/aromatic N) is 1. The van der Waals surface area contributed by atoms with E-state index >= 15 is 0 Å². The van der Waals surface area contributed by atoms with Crippen LogP contribution in [0.25, 0.3) is 0 Å². The molecule has 2 rings (SSSR count). The molecule has 0 aromatic heterocycles. The largest absolute Gasteiger partial charge is 0.495 e. The highest BCUT2D eigenvalue weighted by Crippen LogP contribution is 2.38. The fourth-order valence-corrected chi connectivity index (χ4v) is 2.77. The summed E-state index contributed by atoms with van der Waals surface area (Å²) in [4.78, 5) is 2.33. The SMILES string of the molecule is COc1cc(N2CCNC(C(C)C)C2)c(OC)cc1Cl. The van der Waals surface area contributed by atoms with Crippen LogP contribution in [0.2, 0.25) is 5.02 Å². The highest BCUT2D eigenvalue weighted by atomic mass is 35.5. The maximum Gasteiger partial charge on any atom is 0.143 e. The van der Waals surface area contributed by atoms with Gasteiger partial charge < -0.3 is 19.7 Å². The zero-order valence-electron chi connectivity index (χ0n) is 12.6. The van der Waals surface area contributed by atoms with E-state index in [1.54, 1.807) is 14.2 Å². The van der Waals surface area contributed by atoms with Crippen molar-refractivity contribution in [1.29, 1.82) is 0 Å². The number of nitrogens with one attached hydrogen (secondary N) is 1. The van der Waals surface area contributed by atoms with Gasteiger partial charge in [-0.1, -0.05) is 25.4 Å². The minimum Gasteiger partial charge on any atom is -0.495 e. The molecule has 0 amide bonds. The summed E-state index contributed by atoms with van der Waals surface area (Å²) in [7, 11) is 3.30. The summed E-state index contributed by atoms with van der Waals surface area (Å²) >= 11 is 6.16. The number of rotatable bonds is 4. The number of halogens is 1. The van der Waals surface area contributed by atoms with Crippen molar-refractivity contribution in [3.63, 3.8) is 0 Å². The molecule has 1 saturated heterocycles. The Morgan fingerprint density at radius 1 is 1.25 bits per heavy atom. The van der Waals surface area contributed by atoms with Crippen LogP contribution in [0.3, 0.4) is 0 Å². The minimum absolute atomic E-state index is 0.482. The van der Waals surface area contributed by atoms with Crippen LogP contribution in [0.15, 0.2) is 12.1 Å². The Morgan fingerprint density at radius 3 is 2.55 bits per heavy atom. The van der Waals surface area contributed by atoms with E-state index in [0.29, 0.717) is 22.7 Å². The molecule has 4 nitrogen and oxygen atoms in total. The van der Waals surface area contributed by atoms with Gasteiger partial charge in [-0.3, -0.25) is 0 Å². The first kappa shape index (κ1) is 15.3. The molecule has 1 atom stereocenters. The number of hydrogen-bond acceptors (Lipinski definition) is 4. The predicted molar refractivity (Wildman–Crippen MR) is 83.4 cm³/mol.